The van der Waals surface area contributed by atoms with E-state index >= 15 is 0 Å². The maximum Gasteiger partial charge on any atom is 0.246 e. The van der Waals surface area contributed by atoms with Gasteiger partial charge in [0.15, 0.2) is 0 Å². The summed E-state index contributed by atoms with van der Waals surface area (Å²) in [6.45, 7) is 6.40. The number of ether oxygens (including phenoxy) is 1. The maximum absolute atomic E-state index is 12.4. The minimum Gasteiger partial charge on any atom is -0.378 e. The Morgan fingerprint density at radius 2 is 2.35 bits per heavy atom. The van der Waals surface area contributed by atoms with Crippen molar-refractivity contribution in [3.05, 3.63) is 17.5 Å². The summed E-state index contributed by atoms with van der Waals surface area (Å²) in [4.78, 5) is 20.1. The van der Waals surface area contributed by atoms with Crippen LogP contribution in [0.5, 0.6) is 0 Å². The summed E-state index contributed by atoms with van der Waals surface area (Å²) in [6, 6.07) is 1.57. The standard InChI is InChI=1S/C13H19ClN4O2/c1-4-20-8-7-13(15,12(8,2)3)10(19)17-9-5-6-16-11(14)18-9/h5-6,8H,4,7,15H2,1-3H3,(H,16,17,18,19). The van der Waals surface area contributed by atoms with Gasteiger partial charge in [-0.1, -0.05) is 13.8 Å². The number of rotatable bonds is 4. The quantitative estimate of drug-likeness (QED) is 0.824. The number of amides is 1. The molecule has 1 saturated carbocycles. The summed E-state index contributed by atoms with van der Waals surface area (Å²) in [5.74, 6) is 0.0590. The number of carbonyl (C=O) groups excluding carboxylic acids is 1. The van der Waals surface area contributed by atoms with Gasteiger partial charge in [0.25, 0.3) is 0 Å². The molecule has 1 fully saturated rings. The number of aromatic nitrogens is 2. The predicted molar refractivity (Wildman–Crippen MR) is 76.4 cm³/mol. The molecule has 0 spiro atoms. The molecular formula is C13H19ClN4O2. The fourth-order valence-corrected chi connectivity index (χ4v) is 2.60. The average Bonchev–Trinajstić information content (AvgIpc) is 2.38. The third-order valence-electron chi connectivity index (χ3n) is 4.10. The molecule has 0 saturated heterocycles. The Morgan fingerprint density at radius 3 is 2.90 bits per heavy atom. The molecule has 6 nitrogen and oxygen atoms in total. The molecule has 2 atom stereocenters. The molecule has 1 aromatic heterocycles. The van der Waals surface area contributed by atoms with E-state index in [1.54, 1.807) is 6.07 Å². The lowest BCUT2D eigenvalue weighted by Crippen LogP contribution is -2.74. The zero-order valence-electron chi connectivity index (χ0n) is 11.8. The van der Waals surface area contributed by atoms with Gasteiger partial charge in [-0.25, -0.2) is 9.97 Å². The molecular weight excluding hydrogens is 280 g/mol. The number of hydrogen-bond donors (Lipinski definition) is 2. The molecule has 3 N–H and O–H groups in total. The van der Waals surface area contributed by atoms with Crippen LogP contribution in [0, 0.1) is 5.41 Å². The zero-order valence-corrected chi connectivity index (χ0v) is 12.6. The van der Waals surface area contributed by atoms with E-state index < -0.39 is 11.0 Å². The van der Waals surface area contributed by atoms with Crippen LogP contribution in [0.4, 0.5) is 5.82 Å². The van der Waals surface area contributed by atoms with Crippen molar-refractivity contribution in [3.63, 3.8) is 0 Å². The van der Waals surface area contributed by atoms with E-state index in [1.807, 2.05) is 20.8 Å². The second kappa shape index (κ2) is 5.27. The minimum atomic E-state index is -0.982. The number of hydrogen-bond acceptors (Lipinski definition) is 5. The van der Waals surface area contributed by atoms with Gasteiger partial charge >= 0.3 is 0 Å². The molecule has 1 aromatic rings. The molecule has 1 aliphatic rings. The summed E-state index contributed by atoms with van der Waals surface area (Å²) in [7, 11) is 0. The molecule has 0 radical (unpaired) electrons. The second-order valence-electron chi connectivity index (χ2n) is 5.51. The van der Waals surface area contributed by atoms with Crippen LogP contribution in [-0.2, 0) is 9.53 Å². The molecule has 2 rings (SSSR count). The highest BCUT2D eigenvalue weighted by atomic mass is 35.5. The number of nitrogens with one attached hydrogen (secondary N) is 1. The molecule has 110 valence electrons. The van der Waals surface area contributed by atoms with Crippen LogP contribution < -0.4 is 11.1 Å². The van der Waals surface area contributed by atoms with Crippen LogP contribution in [-0.4, -0.2) is 34.1 Å². The Bertz CT molecular complexity index is 523. The Kier molecular flexibility index (Phi) is 4.00. The van der Waals surface area contributed by atoms with Gasteiger partial charge in [-0.2, -0.15) is 0 Å². The van der Waals surface area contributed by atoms with Crippen LogP contribution in [0.1, 0.15) is 27.2 Å². The molecule has 0 aromatic carbocycles. The van der Waals surface area contributed by atoms with E-state index in [9.17, 15) is 4.79 Å². The van der Waals surface area contributed by atoms with Crippen LogP contribution in [0.3, 0.4) is 0 Å². The van der Waals surface area contributed by atoms with E-state index in [0.29, 0.717) is 18.8 Å². The van der Waals surface area contributed by atoms with Crippen LogP contribution in [0.15, 0.2) is 12.3 Å². The van der Waals surface area contributed by atoms with Crippen molar-refractivity contribution in [2.75, 3.05) is 11.9 Å². The van der Waals surface area contributed by atoms with Gasteiger partial charge in [-0.05, 0) is 24.6 Å². The Labute approximate surface area is 123 Å². The van der Waals surface area contributed by atoms with E-state index in [2.05, 4.69) is 15.3 Å². The van der Waals surface area contributed by atoms with Crippen molar-refractivity contribution in [1.82, 2.24) is 9.97 Å². The van der Waals surface area contributed by atoms with Gasteiger partial charge in [-0.15, -0.1) is 0 Å². The van der Waals surface area contributed by atoms with Gasteiger partial charge in [0.2, 0.25) is 11.2 Å². The first kappa shape index (κ1) is 15.2. The maximum atomic E-state index is 12.4. The summed E-state index contributed by atoms with van der Waals surface area (Å²) in [5.41, 5.74) is 4.84. The number of halogens is 1. The topological polar surface area (TPSA) is 90.1 Å². The summed E-state index contributed by atoms with van der Waals surface area (Å²) in [5, 5.41) is 2.77. The van der Waals surface area contributed by atoms with Crippen LogP contribution in [0.2, 0.25) is 5.28 Å². The lowest BCUT2D eigenvalue weighted by atomic mass is 9.54. The molecule has 1 aliphatic carbocycles. The average molecular weight is 299 g/mol. The van der Waals surface area contributed by atoms with Crippen molar-refractivity contribution >= 4 is 23.3 Å². The van der Waals surface area contributed by atoms with Gasteiger partial charge in [0.05, 0.1) is 6.10 Å². The molecule has 0 aliphatic heterocycles. The first-order valence-electron chi connectivity index (χ1n) is 6.51. The fourth-order valence-electron chi connectivity index (χ4n) is 2.45. The summed E-state index contributed by atoms with van der Waals surface area (Å²) in [6.07, 6.45) is 1.94. The number of carbonyl (C=O) groups is 1. The molecule has 1 amide bonds. The Morgan fingerprint density at radius 1 is 1.65 bits per heavy atom. The Balaban J connectivity index is 2.10. The number of nitrogens with zero attached hydrogens (tertiary/aromatic N) is 2. The monoisotopic (exact) mass is 298 g/mol. The molecule has 7 heteroatoms. The fraction of sp³-hybridized carbons (Fsp3) is 0.615. The summed E-state index contributed by atoms with van der Waals surface area (Å²) >= 11 is 5.69. The molecule has 1 heterocycles. The van der Waals surface area contributed by atoms with E-state index in [4.69, 9.17) is 22.1 Å². The highest BCUT2D eigenvalue weighted by molar-refractivity contribution is 6.28. The van der Waals surface area contributed by atoms with Crippen molar-refractivity contribution in [2.24, 2.45) is 11.1 Å². The number of anilines is 1. The first-order valence-corrected chi connectivity index (χ1v) is 6.89. The Hall–Kier alpha value is -1.24. The third kappa shape index (κ3) is 2.39. The largest absolute Gasteiger partial charge is 0.378 e. The van der Waals surface area contributed by atoms with Gasteiger partial charge in [-0.3, -0.25) is 4.79 Å². The van der Waals surface area contributed by atoms with Gasteiger partial charge < -0.3 is 15.8 Å². The normalized spacial score (nSPS) is 27.8. The minimum absolute atomic E-state index is 0.0164. The molecule has 0 bridgehead atoms. The third-order valence-corrected chi connectivity index (χ3v) is 4.29. The SMILES string of the molecule is CCOC1CC(N)(C(=O)Nc2ccnc(Cl)n2)C1(C)C. The highest BCUT2D eigenvalue weighted by Crippen LogP contribution is 2.50. The van der Waals surface area contributed by atoms with Crippen LogP contribution in [0.25, 0.3) is 0 Å². The number of nitrogens with two attached hydrogens (primary N) is 1. The molecule has 2 unspecified atom stereocenters. The van der Waals surface area contributed by atoms with Crippen molar-refractivity contribution < 1.29 is 9.53 Å². The van der Waals surface area contributed by atoms with Crippen LogP contribution >= 0.6 is 11.6 Å². The lowest BCUT2D eigenvalue weighted by Gasteiger charge is -2.57. The van der Waals surface area contributed by atoms with Gasteiger partial charge in [0.1, 0.15) is 11.4 Å². The van der Waals surface area contributed by atoms with E-state index in [0.717, 1.165) is 0 Å². The second-order valence-corrected chi connectivity index (χ2v) is 5.84. The van der Waals surface area contributed by atoms with Gasteiger partial charge in [0, 0.05) is 24.6 Å². The summed E-state index contributed by atoms with van der Waals surface area (Å²) < 4.78 is 5.60. The molecule has 20 heavy (non-hydrogen) atoms. The smallest absolute Gasteiger partial charge is 0.246 e. The van der Waals surface area contributed by atoms with Crippen molar-refractivity contribution in [1.29, 1.82) is 0 Å². The zero-order chi connectivity index (χ0) is 15.0. The van der Waals surface area contributed by atoms with Crippen molar-refractivity contribution in [2.45, 2.75) is 38.8 Å². The van der Waals surface area contributed by atoms with E-state index in [-0.39, 0.29) is 17.3 Å². The van der Waals surface area contributed by atoms with E-state index in [1.165, 1.54) is 6.20 Å². The van der Waals surface area contributed by atoms with Crippen molar-refractivity contribution in [3.8, 4) is 0 Å². The highest BCUT2D eigenvalue weighted by Gasteiger charge is 2.62. The predicted octanol–water partition coefficient (Wildman–Crippen LogP) is 1.60. The first-order chi connectivity index (χ1) is 9.31. The lowest BCUT2D eigenvalue weighted by molar-refractivity contribution is -0.166.